The third-order valence-electron chi connectivity index (χ3n) is 3.49. The molecule has 18 heavy (non-hydrogen) atoms. The van der Waals surface area contributed by atoms with Crippen molar-refractivity contribution in [3.05, 3.63) is 6.33 Å². The van der Waals surface area contributed by atoms with E-state index < -0.39 is 0 Å². The van der Waals surface area contributed by atoms with Crippen LogP contribution in [0.2, 0.25) is 0 Å². The van der Waals surface area contributed by atoms with Gasteiger partial charge in [-0.1, -0.05) is 0 Å². The molecule has 1 unspecified atom stereocenters. The summed E-state index contributed by atoms with van der Waals surface area (Å²) >= 11 is 0. The maximum Gasteiger partial charge on any atom is 0.161 e. The molecule has 0 aliphatic carbocycles. The molecule has 1 saturated heterocycles. The Labute approximate surface area is 105 Å². The first-order chi connectivity index (χ1) is 8.70. The molecule has 0 amide bonds. The number of aliphatic hydroxyl groups is 1. The topological polar surface area (TPSA) is 87.7 Å². The monoisotopic (exact) mass is 251 g/mol. The molecule has 3 heterocycles. The number of nitrogen functional groups attached to an aromatic ring is 1. The van der Waals surface area contributed by atoms with Crippen LogP contribution in [-0.2, 0) is 4.74 Å². The average molecular weight is 251 g/mol. The van der Waals surface area contributed by atoms with Crippen molar-refractivity contribution in [3.63, 3.8) is 0 Å². The number of ether oxygens (including phenoxy) is 1. The number of aliphatic hydroxyl groups excluding tert-OH is 1. The lowest BCUT2D eigenvalue weighted by molar-refractivity contribution is 0.0111. The maximum atomic E-state index is 9.12. The van der Waals surface area contributed by atoms with Gasteiger partial charge in [-0.3, -0.25) is 0 Å². The third kappa shape index (κ3) is 1.67. The molecule has 0 spiro atoms. The van der Waals surface area contributed by atoms with Gasteiger partial charge >= 0.3 is 0 Å². The van der Waals surface area contributed by atoms with Crippen molar-refractivity contribution in [2.75, 3.05) is 35.9 Å². The van der Waals surface area contributed by atoms with E-state index in [1.165, 1.54) is 6.33 Å². The highest BCUT2D eigenvalue weighted by atomic mass is 16.5. The summed E-state index contributed by atoms with van der Waals surface area (Å²) in [6.45, 7) is 0.750. The van der Waals surface area contributed by atoms with Crippen LogP contribution in [-0.4, -0.2) is 47.7 Å². The molecule has 1 aromatic heterocycles. The van der Waals surface area contributed by atoms with E-state index in [9.17, 15) is 0 Å². The highest BCUT2D eigenvalue weighted by Gasteiger charge is 2.37. The molecule has 2 atom stereocenters. The number of hydrogen-bond donors (Lipinski definition) is 2. The fraction of sp³-hybridized carbons (Fsp3) is 0.636. The summed E-state index contributed by atoms with van der Waals surface area (Å²) in [5, 5.41) is 9.12. The molecule has 7 heteroatoms. The zero-order valence-electron chi connectivity index (χ0n) is 10.3. The van der Waals surface area contributed by atoms with Gasteiger partial charge in [0, 0.05) is 7.05 Å². The van der Waals surface area contributed by atoms with E-state index >= 15 is 0 Å². The zero-order valence-corrected chi connectivity index (χ0v) is 10.3. The van der Waals surface area contributed by atoms with E-state index in [-0.39, 0.29) is 18.9 Å². The highest BCUT2D eigenvalue weighted by molar-refractivity contribution is 5.81. The van der Waals surface area contributed by atoms with Gasteiger partial charge in [0.2, 0.25) is 0 Å². The summed E-state index contributed by atoms with van der Waals surface area (Å²) in [5.41, 5.74) is 6.73. The first-order valence-electron chi connectivity index (χ1n) is 6.05. The normalized spacial score (nSPS) is 26.8. The van der Waals surface area contributed by atoms with Gasteiger partial charge in [-0.15, -0.1) is 0 Å². The second-order valence-corrected chi connectivity index (χ2v) is 4.71. The fourth-order valence-electron chi connectivity index (χ4n) is 2.60. The van der Waals surface area contributed by atoms with E-state index in [2.05, 4.69) is 14.9 Å². The van der Waals surface area contributed by atoms with Crippen LogP contribution < -0.4 is 15.5 Å². The minimum absolute atomic E-state index is 0.0415. The summed E-state index contributed by atoms with van der Waals surface area (Å²) < 4.78 is 5.79. The smallest absolute Gasteiger partial charge is 0.161 e. The Morgan fingerprint density at radius 2 is 2.33 bits per heavy atom. The molecule has 0 aromatic carbocycles. The Bertz CT molecular complexity index is 455. The van der Waals surface area contributed by atoms with E-state index in [0.717, 1.165) is 24.3 Å². The van der Waals surface area contributed by atoms with E-state index in [4.69, 9.17) is 15.6 Å². The minimum Gasteiger partial charge on any atom is -0.394 e. The number of nitrogens with zero attached hydrogens (tertiary/aromatic N) is 4. The molecular weight excluding hydrogens is 234 g/mol. The molecule has 0 bridgehead atoms. The third-order valence-corrected chi connectivity index (χ3v) is 3.49. The Kier molecular flexibility index (Phi) is 2.71. The fourth-order valence-corrected chi connectivity index (χ4v) is 2.60. The van der Waals surface area contributed by atoms with Crippen LogP contribution in [0.25, 0.3) is 0 Å². The first-order valence-corrected chi connectivity index (χ1v) is 6.05. The number of anilines is 3. The van der Waals surface area contributed by atoms with Crippen molar-refractivity contribution >= 4 is 17.3 Å². The van der Waals surface area contributed by atoms with E-state index in [1.54, 1.807) is 0 Å². The Balaban J connectivity index is 1.87. The standard InChI is InChI=1S/C11H17N5O2/c1-15-6-16(8-3-2-7(4-17)18-8)11-9(15)10(12)13-5-14-11/h5,7-8,17H,2-4,6H2,1H3,(H2,12,13,14)/t7-,8?/m0/s1. The van der Waals surface area contributed by atoms with Gasteiger partial charge in [0.15, 0.2) is 11.6 Å². The zero-order chi connectivity index (χ0) is 12.7. The van der Waals surface area contributed by atoms with Crippen molar-refractivity contribution in [1.29, 1.82) is 0 Å². The van der Waals surface area contributed by atoms with Crippen molar-refractivity contribution in [2.24, 2.45) is 0 Å². The predicted molar refractivity (Wildman–Crippen MR) is 67.2 cm³/mol. The summed E-state index contributed by atoms with van der Waals surface area (Å²) in [5.74, 6) is 1.30. The quantitative estimate of drug-likeness (QED) is 0.750. The number of rotatable bonds is 2. The minimum atomic E-state index is -0.0662. The summed E-state index contributed by atoms with van der Waals surface area (Å²) in [7, 11) is 1.96. The molecule has 0 radical (unpaired) electrons. The molecule has 1 aromatic rings. The van der Waals surface area contributed by atoms with Crippen LogP contribution in [0.1, 0.15) is 12.8 Å². The molecule has 2 aliphatic rings. The second-order valence-electron chi connectivity index (χ2n) is 4.71. The van der Waals surface area contributed by atoms with Gasteiger partial charge in [0.05, 0.1) is 19.4 Å². The van der Waals surface area contributed by atoms with Crippen molar-refractivity contribution in [1.82, 2.24) is 9.97 Å². The lowest BCUT2D eigenvalue weighted by Gasteiger charge is -2.25. The van der Waals surface area contributed by atoms with Crippen molar-refractivity contribution in [2.45, 2.75) is 25.2 Å². The van der Waals surface area contributed by atoms with E-state index in [0.29, 0.717) is 12.5 Å². The highest BCUT2D eigenvalue weighted by Crippen LogP contribution is 2.39. The molecule has 3 rings (SSSR count). The Hall–Kier alpha value is -1.60. The molecule has 98 valence electrons. The molecular formula is C11H17N5O2. The summed E-state index contributed by atoms with van der Waals surface area (Å²) in [6.07, 6.45) is 3.13. The summed E-state index contributed by atoms with van der Waals surface area (Å²) in [4.78, 5) is 12.4. The predicted octanol–water partition coefficient (Wildman–Crippen LogP) is -0.230. The SMILES string of the molecule is CN1CN(C2CC[C@@H](CO)O2)c2ncnc(N)c21. The van der Waals surface area contributed by atoms with Gasteiger partial charge in [0.25, 0.3) is 0 Å². The number of hydrogen-bond acceptors (Lipinski definition) is 7. The summed E-state index contributed by atoms with van der Waals surface area (Å²) in [6, 6.07) is 0. The first kappa shape index (κ1) is 11.5. The van der Waals surface area contributed by atoms with Crippen LogP contribution in [0, 0.1) is 0 Å². The molecule has 7 nitrogen and oxygen atoms in total. The lowest BCUT2D eigenvalue weighted by Crippen LogP contribution is -2.38. The molecule has 0 saturated carbocycles. The van der Waals surface area contributed by atoms with Crippen LogP contribution in [0.5, 0.6) is 0 Å². The Morgan fingerprint density at radius 1 is 1.50 bits per heavy atom. The maximum absolute atomic E-state index is 9.12. The van der Waals surface area contributed by atoms with Crippen LogP contribution in [0.3, 0.4) is 0 Å². The average Bonchev–Trinajstić information content (AvgIpc) is 2.94. The van der Waals surface area contributed by atoms with Crippen LogP contribution in [0.15, 0.2) is 6.33 Å². The number of nitrogens with two attached hydrogens (primary N) is 1. The molecule has 1 fully saturated rings. The van der Waals surface area contributed by atoms with E-state index in [1.807, 2.05) is 11.9 Å². The molecule has 2 aliphatic heterocycles. The second kappa shape index (κ2) is 4.25. The Morgan fingerprint density at radius 3 is 3.06 bits per heavy atom. The van der Waals surface area contributed by atoms with Gasteiger partial charge < -0.3 is 25.4 Å². The largest absolute Gasteiger partial charge is 0.394 e. The van der Waals surface area contributed by atoms with Crippen LogP contribution in [0.4, 0.5) is 17.3 Å². The van der Waals surface area contributed by atoms with Crippen molar-refractivity contribution < 1.29 is 9.84 Å². The van der Waals surface area contributed by atoms with Gasteiger partial charge in [-0.2, -0.15) is 0 Å². The molecule has 3 N–H and O–H groups in total. The van der Waals surface area contributed by atoms with Crippen molar-refractivity contribution in [3.8, 4) is 0 Å². The van der Waals surface area contributed by atoms with Gasteiger partial charge in [0.1, 0.15) is 18.2 Å². The number of aromatic nitrogens is 2. The van der Waals surface area contributed by atoms with Crippen LogP contribution >= 0.6 is 0 Å². The number of fused-ring (bicyclic) bond motifs is 1. The van der Waals surface area contributed by atoms with Gasteiger partial charge in [-0.05, 0) is 12.8 Å². The van der Waals surface area contributed by atoms with Gasteiger partial charge in [-0.25, -0.2) is 9.97 Å². The lowest BCUT2D eigenvalue weighted by atomic mass is 10.2.